The zero-order valence-electron chi connectivity index (χ0n) is 15.7. The number of amides is 1. The molecule has 1 heterocycles. The van der Waals surface area contributed by atoms with E-state index in [1.54, 1.807) is 0 Å². The van der Waals surface area contributed by atoms with E-state index in [1.807, 2.05) is 6.92 Å². The van der Waals surface area contributed by atoms with Crippen molar-refractivity contribution in [3.63, 3.8) is 0 Å². The van der Waals surface area contributed by atoms with Crippen molar-refractivity contribution in [3.8, 4) is 0 Å². The lowest BCUT2D eigenvalue weighted by atomic mass is 10.1. The number of aryl methyl sites for hydroxylation is 2. The number of carbonyl (C=O) groups is 1. The standard InChI is InChI=1S/C22H28N2O2/c1-17-3-5-19(6-4-17)7-12-22(25)23-18(2)20-8-10-21(11-9-20)24-13-15-26-16-14-24/h3-6,8-11,18H,7,12-16H2,1-2H3,(H,23,25). The molecule has 3 rings (SSSR count). The van der Waals surface area contributed by atoms with Crippen LogP contribution in [0.4, 0.5) is 5.69 Å². The Morgan fingerprint density at radius 3 is 2.38 bits per heavy atom. The Balaban J connectivity index is 1.49. The molecule has 0 aliphatic carbocycles. The highest BCUT2D eigenvalue weighted by Crippen LogP contribution is 2.20. The molecule has 0 spiro atoms. The number of anilines is 1. The van der Waals surface area contributed by atoms with Crippen molar-refractivity contribution in [2.24, 2.45) is 0 Å². The van der Waals surface area contributed by atoms with E-state index in [0.29, 0.717) is 6.42 Å². The van der Waals surface area contributed by atoms with E-state index in [1.165, 1.54) is 16.8 Å². The molecule has 1 unspecified atom stereocenters. The monoisotopic (exact) mass is 352 g/mol. The fraction of sp³-hybridized carbons (Fsp3) is 0.409. The number of benzene rings is 2. The van der Waals surface area contributed by atoms with E-state index in [-0.39, 0.29) is 11.9 Å². The van der Waals surface area contributed by atoms with E-state index in [9.17, 15) is 4.79 Å². The number of rotatable bonds is 6. The number of ether oxygens (including phenoxy) is 1. The minimum absolute atomic E-state index is 0.0132. The third-order valence-electron chi connectivity index (χ3n) is 4.91. The second-order valence-electron chi connectivity index (χ2n) is 6.97. The van der Waals surface area contributed by atoms with Crippen LogP contribution in [0.1, 0.15) is 36.1 Å². The topological polar surface area (TPSA) is 41.6 Å². The summed E-state index contributed by atoms with van der Waals surface area (Å²) in [6.07, 6.45) is 1.29. The van der Waals surface area contributed by atoms with Gasteiger partial charge in [-0.1, -0.05) is 42.0 Å². The summed E-state index contributed by atoms with van der Waals surface area (Å²) in [5.74, 6) is 0.0929. The van der Waals surface area contributed by atoms with Gasteiger partial charge in [-0.2, -0.15) is 0 Å². The van der Waals surface area contributed by atoms with Crippen molar-refractivity contribution < 1.29 is 9.53 Å². The van der Waals surface area contributed by atoms with Gasteiger partial charge < -0.3 is 15.0 Å². The van der Waals surface area contributed by atoms with Crippen LogP contribution in [0.15, 0.2) is 48.5 Å². The first-order chi connectivity index (χ1) is 12.6. The lowest BCUT2D eigenvalue weighted by Crippen LogP contribution is -2.36. The summed E-state index contributed by atoms with van der Waals surface area (Å²) in [4.78, 5) is 14.6. The molecule has 0 bridgehead atoms. The summed E-state index contributed by atoms with van der Waals surface area (Å²) < 4.78 is 5.40. The van der Waals surface area contributed by atoms with Crippen LogP contribution in [0.3, 0.4) is 0 Å². The number of nitrogens with zero attached hydrogens (tertiary/aromatic N) is 1. The Hall–Kier alpha value is -2.33. The van der Waals surface area contributed by atoms with Gasteiger partial charge in [0.05, 0.1) is 19.3 Å². The fourth-order valence-corrected chi connectivity index (χ4v) is 3.20. The van der Waals surface area contributed by atoms with Gasteiger partial charge in [-0.3, -0.25) is 4.79 Å². The lowest BCUT2D eigenvalue weighted by Gasteiger charge is -2.29. The molecular weight excluding hydrogens is 324 g/mol. The molecule has 0 saturated carbocycles. The van der Waals surface area contributed by atoms with Crippen LogP contribution in [0.2, 0.25) is 0 Å². The van der Waals surface area contributed by atoms with Crippen molar-refractivity contribution >= 4 is 11.6 Å². The van der Waals surface area contributed by atoms with Gasteiger partial charge >= 0.3 is 0 Å². The number of morpholine rings is 1. The zero-order chi connectivity index (χ0) is 18.4. The van der Waals surface area contributed by atoms with Crippen LogP contribution in [0.25, 0.3) is 0 Å². The molecular formula is C22H28N2O2. The molecule has 1 saturated heterocycles. The Morgan fingerprint density at radius 2 is 1.73 bits per heavy atom. The fourth-order valence-electron chi connectivity index (χ4n) is 3.20. The molecule has 1 aliphatic rings. The van der Waals surface area contributed by atoms with Gasteiger partial charge in [0.15, 0.2) is 0 Å². The first-order valence-electron chi connectivity index (χ1n) is 9.39. The molecule has 4 nitrogen and oxygen atoms in total. The molecule has 2 aromatic carbocycles. The largest absolute Gasteiger partial charge is 0.378 e. The number of hydrogen-bond donors (Lipinski definition) is 1. The Labute approximate surface area is 156 Å². The van der Waals surface area contributed by atoms with E-state index in [4.69, 9.17) is 4.74 Å². The van der Waals surface area contributed by atoms with Gasteiger partial charge in [-0.15, -0.1) is 0 Å². The van der Waals surface area contributed by atoms with Gasteiger partial charge in [0.1, 0.15) is 0 Å². The van der Waals surface area contributed by atoms with Crippen LogP contribution in [-0.4, -0.2) is 32.2 Å². The molecule has 4 heteroatoms. The summed E-state index contributed by atoms with van der Waals surface area (Å²) in [5, 5.41) is 3.10. The first-order valence-corrected chi connectivity index (χ1v) is 9.39. The molecule has 1 aliphatic heterocycles. The molecule has 26 heavy (non-hydrogen) atoms. The average Bonchev–Trinajstić information content (AvgIpc) is 2.68. The Bertz CT molecular complexity index is 704. The maximum atomic E-state index is 12.2. The summed E-state index contributed by atoms with van der Waals surface area (Å²) in [6.45, 7) is 7.55. The summed E-state index contributed by atoms with van der Waals surface area (Å²) in [6, 6.07) is 16.9. The number of hydrogen-bond acceptors (Lipinski definition) is 3. The summed E-state index contributed by atoms with van der Waals surface area (Å²) in [5.41, 5.74) is 4.79. The molecule has 1 fully saturated rings. The van der Waals surface area contributed by atoms with Crippen molar-refractivity contribution in [2.75, 3.05) is 31.2 Å². The van der Waals surface area contributed by atoms with Crippen molar-refractivity contribution in [1.29, 1.82) is 0 Å². The first kappa shape index (κ1) is 18.5. The van der Waals surface area contributed by atoms with E-state index in [2.05, 4.69) is 65.7 Å². The maximum Gasteiger partial charge on any atom is 0.220 e. The summed E-state index contributed by atoms with van der Waals surface area (Å²) >= 11 is 0. The number of nitrogens with one attached hydrogen (secondary N) is 1. The highest BCUT2D eigenvalue weighted by molar-refractivity contribution is 5.76. The third-order valence-corrected chi connectivity index (χ3v) is 4.91. The normalized spacial score (nSPS) is 15.5. The Morgan fingerprint density at radius 1 is 1.08 bits per heavy atom. The summed E-state index contributed by atoms with van der Waals surface area (Å²) in [7, 11) is 0. The van der Waals surface area contributed by atoms with Crippen LogP contribution >= 0.6 is 0 Å². The van der Waals surface area contributed by atoms with Gasteiger partial charge in [-0.05, 0) is 43.5 Å². The van der Waals surface area contributed by atoms with Crippen molar-refractivity contribution in [3.05, 3.63) is 65.2 Å². The quantitative estimate of drug-likeness (QED) is 0.863. The van der Waals surface area contributed by atoms with Crippen LogP contribution in [-0.2, 0) is 16.0 Å². The molecule has 1 amide bonds. The maximum absolute atomic E-state index is 12.2. The third kappa shape index (κ3) is 5.09. The average molecular weight is 352 g/mol. The molecule has 0 radical (unpaired) electrons. The van der Waals surface area contributed by atoms with E-state index < -0.39 is 0 Å². The molecule has 138 valence electrons. The van der Waals surface area contributed by atoms with E-state index >= 15 is 0 Å². The lowest BCUT2D eigenvalue weighted by molar-refractivity contribution is -0.121. The van der Waals surface area contributed by atoms with E-state index in [0.717, 1.165) is 38.3 Å². The van der Waals surface area contributed by atoms with Gasteiger partial charge in [0, 0.05) is 25.2 Å². The second-order valence-corrected chi connectivity index (χ2v) is 6.97. The molecule has 1 N–H and O–H groups in total. The van der Waals surface area contributed by atoms with Crippen molar-refractivity contribution in [1.82, 2.24) is 5.32 Å². The minimum Gasteiger partial charge on any atom is -0.378 e. The van der Waals surface area contributed by atoms with Crippen LogP contribution in [0.5, 0.6) is 0 Å². The molecule has 1 atom stereocenters. The SMILES string of the molecule is Cc1ccc(CCC(=O)NC(C)c2ccc(N3CCOCC3)cc2)cc1. The Kier molecular flexibility index (Phi) is 6.29. The zero-order valence-corrected chi connectivity index (χ0v) is 15.7. The molecule has 2 aromatic rings. The van der Waals surface area contributed by atoms with Crippen molar-refractivity contribution in [2.45, 2.75) is 32.7 Å². The minimum atomic E-state index is 0.0132. The predicted octanol–water partition coefficient (Wildman–Crippen LogP) is 3.64. The van der Waals surface area contributed by atoms with Crippen LogP contribution in [0, 0.1) is 6.92 Å². The highest BCUT2D eigenvalue weighted by Gasteiger charge is 2.13. The number of carbonyl (C=O) groups excluding carboxylic acids is 1. The smallest absolute Gasteiger partial charge is 0.220 e. The van der Waals surface area contributed by atoms with Gasteiger partial charge in [-0.25, -0.2) is 0 Å². The van der Waals surface area contributed by atoms with Gasteiger partial charge in [0.25, 0.3) is 0 Å². The highest BCUT2D eigenvalue weighted by atomic mass is 16.5. The van der Waals surface area contributed by atoms with Gasteiger partial charge in [0.2, 0.25) is 5.91 Å². The van der Waals surface area contributed by atoms with Crippen LogP contribution < -0.4 is 10.2 Å². The molecule has 0 aromatic heterocycles. The second kappa shape index (κ2) is 8.86. The predicted molar refractivity (Wildman–Crippen MR) is 106 cm³/mol.